The smallest absolute Gasteiger partial charge is 0.274 e. The van der Waals surface area contributed by atoms with Gasteiger partial charge in [-0.15, -0.1) is 0 Å². The van der Waals surface area contributed by atoms with Gasteiger partial charge in [0.15, 0.2) is 16.5 Å². The number of hydrogen-bond donors (Lipinski definition) is 0. The molecule has 0 bridgehead atoms. The van der Waals surface area contributed by atoms with Crippen LogP contribution >= 0.6 is 11.3 Å². The normalized spacial score (nSPS) is 12.0. The maximum Gasteiger partial charge on any atom is 0.274 e. The van der Waals surface area contributed by atoms with Crippen LogP contribution in [0.25, 0.3) is 22.1 Å². The molecular formula is C25H19FN2O3S. The van der Waals surface area contributed by atoms with E-state index in [1.54, 1.807) is 22.6 Å². The van der Waals surface area contributed by atoms with Crippen LogP contribution in [-0.2, 0) is 6.61 Å². The minimum atomic E-state index is -0.301. The summed E-state index contributed by atoms with van der Waals surface area (Å²) in [6.07, 6.45) is 1.83. The first-order valence-corrected chi connectivity index (χ1v) is 11.0. The monoisotopic (exact) mass is 446 g/mol. The number of imidazole rings is 1. The number of halogens is 1. The zero-order valence-electron chi connectivity index (χ0n) is 17.2. The topological polar surface area (TPSA) is 52.8 Å². The second kappa shape index (κ2) is 8.43. The molecule has 0 fully saturated rings. The fourth-order valence-corrected chi connectivity index (χ4v) is 4.54. The van der Waals surface area contributed by atoms with Gasteiger partial charge in [0.05, 0.1) is 22.2 Å². The molecule has 2 aromatic heterocycles. The van der Waals surface area contributed by atoms with Crippen molar-refractivity contribution in [2.75, 3.05) is 6.61 Å². The fraction of sp³-hybridized carbons (Fsp3) is 0.120. The Morgan fingerprint density at radius 1 is 1.03 bits per heavy atom. The van der Waals surface area contributed by atoms with Crippen LogP contribution in [0.3, 0.4) is 0 Å². The summed E-state index contributed by atoms with van der Waals surface area (Å²) in [7, 11) is 0. The summed E-state index contributed by atoms with van der Waals surface area (Å²) < 4.78 is 27.3. The highest BCUT2D eigenvalue weighted by molar-refractivity contribution is 7.15. The number of rotatable bonds is 6. The Hall–Kier alpha value is -3.71. The highest BCUT2D eigenvalue weighted by Crippen LogP contribution is 2.29. The van der Waals surface area contributed by atoms with Gasteiger partial charge in [-0.2, -0.15) is 0 Å². The van der Waals surface area contributed by atoms with Crippen LogP contribution in [0.4, 0.5) is 4.39 Å². The molecule has 0 spiro atoms. The Morgan fingerprint density at radius 2 is 1.91 bits per heavy atom. The number of fused-ring (bicyclic) bond motifs is 3. The number of hydrogen-bond acceptors (Lipinski definition) is 5. The maximum atomic E-state index is 13.4. The molecule has 32 heavy (non-hydrogen) atoms. The first-order valence-electron chi connectivity index (χ1n) is 10.2. The van der Waals surface area contributed by atoms with E-state index in [-0.39, 0.29) is 18.0 Å². The number of aromatic nitrogens is 2. The van der Waals surface area contributed by atoms with Gasteiger partial charge in [0.2, 0.25) is 0 Å². The number of benzene rings is 3. The molecule has 0 N–H and O–H groups in total. The molecule has 5 nitrogen and oxygen atoms in total. The van der Waals surface area contributed by atoms with Gasteiger partial charge in [-0.25, -0.2) is 13.8 Å². The van der Waals surface area contributed by atoms with Crippen molar-refractivity contribution in [3.63, 3.8) is 0 Å². The van der Waals surface area contributed by atoms with Gasteiger partial charge in [0, 0.05) is 0 Å². The lowest BCUT2D eigenvalue weighted by Gasteiger charge is -2.12. The van der Waals surface area contributed by atoms with Crippen LogP contribution in [-0.4, -0.2) is 16.0 Å². The van der Waals surface area contributed by atoms with E-state index in [1.807, 2.05) is 49.4 Å². The Bertz CT molecular complexity index is 1540. The van der Waals surface area contributed by atoms with Gasteiger partial charge in [-0.1, -0.05) is 41.7 Å². The van der Waals surface area contributed by atoms with Crippen molar-refractivity contribution < 1.29 is 13.9 Å². The van der Waals surface area contributed by atoms with Crippen LogP contribution in [0, 0.1) is 5.82 Å². The Balaban J connectivity index is 1.48. The molecule has 0 aliphatic rings. The number of thiazole rings is 1. The molecule has 0 amide bonds. The van der Waals surface area contributed by atoms with Gasteiger partial charge in [0.1, 0.15) is 12.4 Å². The molecule has 0 unspecified atom stereocenters. The zero-order chi connectivity index (χ0) is 22.1. The van der Waals surface area contributed by atoms with Gasteiger partial charge in [0.25, 0.3) is 5.56 Å². The summed E-state index contributed by atoms with van der Waals surface area (Å²) in [5, 5.41) is 0. The van der Waals surface area contributed by atoms with Crippen molar-refractivity contribution in [1.29, 1.82) is 0 Å². The van der Waals surface area contributed by atoms with Gasteiger partial charge >= 0.3 is 0 Å². The zero-order valence-corrected chi connectivity index (χ0v) is 18.1. The second-order valence-corrected chi connectivity index (χ2v) is 8.20. The van der Waals surface area contributed by atoms with Crippen molar-refractivity contribution in [2.45, 2.75) is 13.5 Å². The Labute approximate surface area is 187 Å². The molecule has 0 radical (unpaired) electrons. The van der Waals surface area contributed by atoms with Crippen LogP contribution in [0.15, 0.2) is 71.5 Å². The maximum absolute atomic E-state index is 13.4. The molecule has 0 atom stereocenters. The van der Waals surface area contributed by atoms with Crippen molar-refractivity contribution in [2.24, 2.45) is 0 Å². The number of para-hydroxylation sites is 2. The molecule has 0 saturated heterocycles. The van der Waals surface area contributed by atoms with Crippen LogP contribution in [0.1, 0.15) is 18.1 Å². The van der Waals surface area contributed by atoms with Gasteiger partial charge in [-0.05, 0) is 60.5 Å². The molecule has 7 heteroatoms. The minimum Gasteiger partial charge on any atom is -0.490 e. The lowest BCUT2D eigenvalue weighted by atomic mass is 10.2. The highest BCUT2D eigenvalue weighted by Gasteiger charge is 2.11. The Kier molecular flexibility index (Phi) is 5.33. The van der Waals surface area contributed by atoms with E-state index in [0.29, 0.717) is 27.6 Å². The largest absolute Gasteiger partial charge is 0.490 e. The molecule has 0 aliphatic heterocycles. The molecule has 5 rings (SSSR count). The summed E-state index contributed by atoms with van der Waals surface area (Å²) in [5.74, 6) is 0.823. The van der Waals surface area contributed by atoms with Gasteiger partial charge in [-0.3, -0.25) is 4.79 Å². The van der Waals surface area contributed by atoms with Crippen molar-refractivity contribution in [3.05, 3.63) is 98.6 Å². The van der Waals surface area contributed by atoms with E-state index in [9.17, 15) is 9.18 Å². The van der Waals surface area contributed by atoms with Crippen molar-refractivity contribution >= 4 is 33.4 Å². The second-order valence-electron chi connectivity index (χ2n) is 7.19. The predicted octanol–water partition coefficient (Wildman–Crippen LogP) is 4.57. The SMILES string of the molecule is CCOc1cc(C=c2sc3nc4ccccc4n3c2=O)ccc1OCc1cccc(F)c1. The summed E-state index contributed by atoms with van der Waals surface area (Å²) >= 11 is 1.35. The lowest BCUT2D eigenvalue weighted by molar-refractivity contribution is 0.269. The Morgan fingerprint density at radius 3 is 2.75 bits per heavy atom. The molecule has 5 aromatic rings. The molecule has 3 aromatic carbocycles. The summed E-state index contributed by atoms with van der Waals surface area (Å²) in [6.45, 7) is 2.58. The van der Waals surface area contributed by atoms with Crippen LogP contribution in [0.2, 0.25) is 0 Å². The summed E-state index contributed by atoms with van der Waals surface area (Å²) in [4.78, 5) is 18.2. The quantitative estimate of drug-likeness (QED) is 0.383. The minimum absolute atomic E-state index is 0.0944. The number of ether oxygens (including phenoxy) is 2. The lowest BCUT2D eigenvalue weighted by Crippen LogP contribution is -2.22. The van der Waals surface area contributed by atoms with E-state index in [1.165, 1.54) is 23.5 Å². The number of nitrogens with zero attached hydrogens (tertiary/aromatic N) is 2. The van der Waals surface area contributed by atoms with E-state index in [4.69, 9.17) is 9.47 Å². The average Bonchev–Trinajstić information content (AvgIpc) is 3.29. The highest BCUT2D eigenvalue weighted by atomic mass is 32.1. The third kappa shape index (κ3) is 3.83. The van der Waals surface area contributed by atoms with Gasteiger partial charge < -0.3 is 9.47 Å². The molecule has 0 aliphatic carbocycles. The van der Waals surface area contributed by atoms with Crippen molar-refractivity contribution in [3.8, 4) is 11.5 Å². The molecular weight excluding hydrogens is 427 g/mol. The summed E-state index contributed by atoms with van der Waals surface area (Å²) in [5.41, 5.74) is 3.06. The standard InChI is InChI=1S/C25H19FN2O3S/c1-2-30-22-13-16(10-11-21(22)31-15-17-6-5-7-18(26)12-17)14-23-24(29)28-20-9-4-3-8-19(20)27-25(28)32-23/h3-14H,2,15H2,1H3. The first-order chi connectivity index (χ1) is 15.6. The van der Waals surface area contributed by atoms with Crippen LogP contribution in [0.5, 0.6) is 11.5 Å². The first kappa shape index (κ1) is 20.2. The van der Waals surface area contributed by atoms with E-state index >= 15 is 0 Å². The summed E-state index contributed by atoms with van der Waals surface area (Å²) in [6, 6.07) is 19.4. The third-order valence-electron chi connectivity index (χ3n) is 4.99. The fourth-order valence-electron chi connectivity index (χ4n) is 3.55. The van der Waals surface area contributed by atoms with E-state index < -0.39 is 0 Å². The van der Waals surface area contributed by atoms with E-state index in [0.717, 1.165) is 22.2 Å². The average molecular weight is 447 g/mol. The van der Waals surface area contributed by atoms with E-state index in [2.05, 4.69) is 4.98 Å². The molecule has 160 valence electrons. The predicted molar refractivity (Wildman–Crippen MR) is 124 cm³/mol. The van der Waals surface area contributed by atoms with Crippen molar-refractivity contribution in [1.82, 2.24) is 9.38 Å². The van der Waals surface area contributed by atoms with Crippen LogP contribution < -0.4 is 19.6 Å². The third-order valence-corrected chi connectivity index (χ3v) is 5.96. The molecule has 2 heterocycles. The molecule has 0 saturated carbocycles.